The lowest BCUT2D eigenvalue weighted by Crippen LogP contribution is -2.40. The van der Waals surface area contributed by atoms with Crippen LogP contribution in [0.4, 0.5) is 17.3 Å². The zero-order valence-electron chi connectivity index (χ0n) is 3.80. The molecule has 6 heteroatoms. The molecule has 1 nitrogen and oxygen atoms in total. The Morgan fingerprint density at radius 2 is 1.00 bits per heavy atom. The first-order chi connectivity index (χ1) is 3.00. The standard InChI is InChI=1S/CH5N.BF4/c1-2;2-1(3,4)5/h2H2,1H3;/q;-1/p+1. The molecule has 0 aromatic rings. The highest BCUT2D eigenvalue weighted by Crippen LogP contribution is 2.06. The van der Waals surface area contributed by atoms with E-state index in [2.05, 4.69) is 5.73 Å². The topological polar surface area (TPSA) is 27.6 Å². The summed E-state index contributed by atoms with van der Waals surface area (Å²) in [6.07, 6.45) is 0. The molecule has 0 aliphatic heterocycles. The van der Waals surface area contributed by atoms with Crippen LogP contribution in [0.2, 0.25) is 0 Å². The van der Waals surface area contributed by atoms with Crippen molar-refractivity contribution in [2.24, 2.45) is 0 Å². The molecule has 0 saturated heterocycles. The van der Waals surface area contributed by atoms with E-state index in [1.54, 1.807) is 7.05 Å². The third-order valence-electron chi connectivity index (χ3n) is 0. The van der Waals surface area contributed by atoms with Gasteiger partial charge in [-0.15, -0.1) is 0 Å². The maximum Gasteiger partial charge on any atom is 0.673 e. The van der Waals surface area contributed by atoms with Crippen molar-refractivity contribution in [3.05, 3.63) is 0 Å². The second-order valence-electron chi connectivity index (χ2n) is 0.495. The summed E-state index contributed by atoms with van der Waals surface area (Å²) in [6, 6.07) is 0. The van der Waals surface area contributed by atoms with Crippen LogP contribution in [-0.4, -0.2) is 14.3 Å². The van der Waals surface area contributed by atoms with Gasteiger partial charge in [-0.1, -0.05) is 0 Å². The van der Waals surface area contributed by atoms with Crippen molar-refractivity contribution in [1.29, 1.82) is 0 Å². The molecular formula is CH6BF4N. The van der Waals surface area contributed by atoms with E-state index in [-0.39, 0.29) is 0 Å². The fourth-order valence-electron chi connectivity index (χ4n) is 0. The molecule has 46 valence electrons. The molecule has 0 spiro atoms. The van der Waals surface area contributed by atoms with E-state index in [1.165, 1.54) is 0 Å². The first kappa shape index (κ1) is 9.89. The summed E-state index contributed by atoms with van der Waals surface area (Å²) >= 11 is 0. The van der Waals surface area contributed by atoms with Gasteiger partial charge in [0.25, 0.3) is 0 Å². The summed E-state index contributed by atoms with van der Waals surface area (Å²) < 4.78 is 39.0. The van der Waals surface area contributed by atoms with E-state index in [9.17, 15) is 17.3 Å². The van der Waals surface area contributed by atoms with E-state index < -0.39 is 7.25 Å². The van der Waals surface area contributed by atoms with Crippen molar-refractivity contribution in [1.82, 2.24) is 0 Å². The zero-order valence-corrected chi connectivity index (χ0v) is 3.80. The number of hydrogen-bond donors (Lipinski definition) is 1. The van der Waals surface area contributed by atoms with Crippen LogP contribution in [0.1, 0.15) is 0 Å². The van der Waals surface area contributed by atoms with Gasteiger partial charge in [-0.25, -0.2) is 0 Å². The molecule has 0 fully saturated rings. The van der Waals surface area contributed by atoms with Crippen LogP contribution in [0.15, 0.2) is 0 Å². The summed E-state index contributed by atoms with van der Waals surface area (Å²) in [4.78, 5) is 0. The molecule has 0 aromatic heterocycles. The highest BCUT2D eigenvalue weighted by Gasteiger charge is 2.20. The van der Waals surface area contributed by atoms with Crippen LogP contribution in [-0.2, 0) is 0 Å². The smallest absolute Gasteiger partial charge is 0.418 e. The Labute approximate surface area is 38.6 Å². The van der Waals surface area contributed by atoms with Gasteiger partial charge in [0.15, 0.2) is 0 Å². The average Bonchev–Trinajstić information content (AvgIpc) is 1.36. The van der Waals surface area contributed by atoms with Crippen LogP contribution < -0.4 is 5.73 Å². The van der Waals surface area contributed by atoms with Gasteiger partial charge in [0.1, 0.15) is 0 Å². The van der Waals surface area contributed by atoms with E-state index in [0.29, 0.717) is 0 Å². The first-order valence-corrected chi connectivity index (χ1v) is 1.58. The molecule has 0 radical (unpaired) electrons. The molecule has 0 atom stereocenters. The predicted molar refractivity (Wildman–Crippen MR) is 19.0 cm³/mol. The molecule has 3 N–H and O–H groups in total. The highest BCUT2D eigenvalue weighted by molar-refractivity contribution is 6.50. The van der Waals surface area contributed by atoms with Gasteiger partial charge in [0.05, 0.1) is 7.05 Å². The van der Waals surface area contributed by atoms with Crippen LogP contribution in [0.5, 0.6) is 0 Å². The van der Waals surface area contributed by atoms with Crippen molar-refractivity contribution in [2.45, 2.75) is 0 Å². The normalized spacial score (nSPS) is 9.43. The molecule has 0 aliphatic carbocycles. The Hall–Kier alpha value is -0.255. The second-order valence-corrected chi connectivity index (χ2v) is 0.495. The highest BCUT2D eigenvalue weighted by atomic mass is 19.5. The molecule has 0 rings (SSSR count). The van der Waals surface area contributed by atoms with E-state index in [1.807, 2.05) is 0 Å². The first-order valence-electron chi connectivity index (χ1n) is 1.58. The number of rotatable bonds is 0. The SMILES string of the molecule is C[NH3+].F[B-](F)(F)F. The van der Waals surface area contributed by atoms with Gasteiger partial charge in [-0.05, 0) is 0 Å². The van der Waals surface area contributed by atoms with Crippen LogP contribution in [0.3, 0.4) is 0 Å². The van der Waals surface area contributed by atoms with Gasteiger partial charge < -0.3 is 23.0 Å². The van der Waals surface area contributed by atoms with Gasteiger partial charge in [0.2, 0.25) is 0 Å². The van der Waals surface area contributed by atoms with Crippen molar-refractivity contribution >= 4 is 7.25 Å². The fraction of sp³-hybridized carbons (Fsp3) is 1.00. The third-order valence-corrected chi connectivity index (χ3v) is 0. The quantitative estimate of drug-likeness (QED) is 0.347. The molecule has 0 bridgehead atoms. The molecule has 0 amide bonds. The average molecular weight is 119 g/mol. The number of quaternary nitrogens is 1. The predicted octanol–water partition coefficient (Wildman–Crippen LogP) is 0.158. The summed E-state index contributed by atoms with van der Waals surface area (Å²) in [5.74, 6) is 0. The fourth-order valence-corrected chi connectivity index (χ4v) is 0. The van der Waals surface area contributed by atoms with Crippen LogP contribution >= 0.6 is 0 Å². The second kappa shape index (κ2) is 3.92. The minimum absolute atomic E-state index is 1.75. The van der Waals surface area contributed by atoms with Gasteiger partial charge in [0, 0.05) is 0 Å². The van der Waals surface area contributed by atoms with Crippen molar-refractivity contribution in [3.8, 4) is 0 Å². The van der Waals surface area contributed by atoms with Crippen molar-refractivity contribution in [3.63, 3.8) is 0 Å². The van der Waals surface area contributed by atoms with E-state index >= 15 is 0 Å². The summed E-state index contributed by atoms with van der Waals surface area (Å²) in [7, 11) is -4.25. The maximum absolute atomic E-state index is 9.75. The van der Waals surface area contributed by atoms with Crippen LogP contribution in [0.25, 0.3) is 0 Å². The van der Waals surface area contributed by atoms with Gasteiger partial charge >= 0.3 is 7.25 Å². The lowest BCUT2D eigenvalue weighted by atomic mass is 10.3. The van der Waals surface area contributed by atoms with Crippen LogP contribution in [0, 0.1) is 0 Å². The monoisotopic (exact) mass is 119 g/mol. The van der Waals surface area contributed by atoms with Crippen molar-refractivity contribution < 1.29 is 23.0 Å². The molecule has 0 heterocycles. The lowest BCUT2D eigenvalue weighted by Gasteiger charge is -1.94. The largest absolute Gasteiger partial charge is 0.673 e. The molecular weight excluding hydrogens is 113 g/mol. The summed E-state index contributed by atoms with van der Waals surface area (Å²) in [6.45, 7) is 0. The van der Waals surface area contributed by atoms with Crippen molar-refractivity contribution in [2.75, 3.05) is 7.05 Å². The molecule has 0 aliphatic rings. The molecule has 0 saturated carbocycles. The molecule has 0 unspecified atom stereocenters. The Morgan fingerprint density at radius 3 is 1.00 bits per heavy atom. The Balaban J connectivity index is 0. The maximum atomic E-state index is 9.75. The number of hydrogen-bond acceptors (Lipinski definition) is 0. The number of halogens is 4. The minimum atomic E-state index is -6.00. The third kappa shape index (κ3) is 1240. The molecule has 7 heavy (non-hydrogen) atoms. The zero-order chi connectivity index (χ0) is 6.50. The van der Waals surface area contributed by atoms with Gasteiger partial charge in [-0.2, -0.15) is 0 Å². The summed E-state index contributed by atoms with van der Waals surface area (Å²) in [5.41, 5.74) is 3.25. The summed E-state index contributed by atoms with van der Waals surface area (Å²) in [5, 5.41) is 0. The van der Waals surface area contributed by atoms with Gasteiger partial charge in [-0.3, -0.25) is 0 Å². The Kier molecular flexibility index (Phi) is 5.54. The minimum Gasteiger partial charge on any atom is -0.418 e. The van der Waals surface area contributed by atoms with E-state index in [0.717, 1.165) is 0 Å². The molecule has 0 aromatic carbocycles. The Morgan fingerprint density at radius 1 is 1.00 bits per heavy atom. The Bertz CT molecular complexity index is 27.2. The van der Waals surface area contributed by atoms with E-state index in [4.69, 9.17) is 0 Å². The lowest BCUT2D eigenvalue weighted by molar-refractivity contribution is -0.325.